The van der Waals surface area contributed by atoms with E-state index in [4.69, 9.17) is 22.7 Å². The molecular weight excluding hydrogens is 246 g/mol. The van der Waals surface area contributed by atoms with Crippen molar-refractivity contribution in [3.05, 3.63) is 28.3 Å². The standard InChI is InChI=1S/C10H10ClN3O3/c1-4(15)6-2-5(3-7(11)8(6)16)9(17)14-10(12)13/h2-3,16H,1H3,(H4,12,13,14,17). The van der Waals surface area contributed by atoms with Gasteiger partial charge in [-0.05, 0) is 19.1 Å². The Hall–Kier alpha value is -2.08. The zero-order valence-corrected chi connectivity index (χ0v) is 9.63. The summed E-state index contributed by atoms with van der Waals surface area (Å²) in [6, 6.07) is 2.36. The number of carbonyl (C=O) groups is 2. The lowest BCUT2D eigenvalue weighted by Crippen LogP contribution is -2.35. The van der Waals surface area contributed by atoms with Gasteiger partial charge in [-0.3, -0.25) is 20.3 Å². The van der Waals surface area contributed by atoms with E-state index < -0.39 is 17.6 Å². The van der Waals surface area contributed by atoms with E-state index in [0.29, 0.717) is 0 Å². The van der Waals surface area contributed by atoms with Gasteiger partial charge >= 0.3 is 0 Å². The zero-order valence-electron chi connectivity index (χ0n) is 8.87. The average molecular weight is 256 g/mol. The highest BCUT2D eigenvalue weighted by molar-refractivity contribution is 6.33. The van der Waals surface area contributed by atoms with Crippen LogP contribution in [0, 0.1) is 5.41 Å². The van der Waals surface area contributed by atoms with E-state index in [2.05, 4.69) is 0 Å². The van der Waals surface area contributed by atoms with Crippen molar-refractivity contribution < 1.29 is 14.7 Å². The molecule has 17 heavy (non-hydrogen) atoms. The number of rotatable bonds is 2. The lowest BCUT2D eigenvalue weighted by atomic mass is 10.1. The number of hydrogen-bond acceptors (Lipinski definition) is 4. The molecule has 0 heterocycles. The fourth-order valence-corrected chi connectivity index (χ4v) is 1.41. The molecule has 0 saturated carbocycles. The number of nitrogens with one attached hydrogen (secondary N) is 2. The van der Waals surface area contributed by atoms with Crippen molar-refractivity contribution in [2.45, 2.75) is 6.92 Å². The van der Waals surface area contributed by atoms with Crippen molar-refractivity contribution in [2.24, 2.45) is 5.73 Å². The fraction of sp³-hybridized carbons (Fsp3) is 0.100. The van der Waals surface area contributed by atoms with Gasteiger partial charge < -0.3 is 10.8 Å². The van der Waals surface area contributed by atoms with Crippen LogP contribution in [-0.2, 0) is 0 Å². The van der Waals surface area contributed by atoms with Gasteiger partial charge in [-0.1, -0.05) is 11.6 Å². The molecule has 1 aromatic carbocycles. The Morgan fingerprint density at radius 1 is 1.47 bits per heavy atom. The number of guanidine groups is 1. The predicted molar refractivity (Wildman–Crippen MR) is 62.5 cm³/mol. The normalized spacial score (nSPS) is 9.76. The molecule has 0 fully saturated rings. The predicted octanol–water partition coefficient (Wildman–Crippen LogP) is 0.871. The van der Waals surface area contributed by atoms with Crippen LogP contribution < -0.4 is 11.1 Å². The summed E-state index contributed by atoms with van der Waals surface area (Å²) in [5, 5.41) is 18.3. The van der Waals surface area contributed by atoms with E-state index in [1.54, 1.807) is 0 Å². The van der Waals surface area contributed by atoms with E-state index in [-0.39, 0.29) is 21.9 Å². The van der Waals surface area contributed by atoms with Crippen molar-refractivity contribution in [1.82, 2.24) is 5.32 Å². The van der Waals surface area contributed by atoms with Crippen LogP contribution in [0.2, 0.25) is 5.02 Å². The summed E-state index contributed by atoms with van der Waals surface area (Å²) in [5.41, 5.74) is 4.97. The van der Waals surface area contributed by atoms with Crippen LogP contribution in [0.4, 0.5) is 0 Å². The first-order chi connectivity index (χ1) is 7.82. The highest BCUT2D eigenvalue weighted by Crippen LogP contribution is 2.29. The van der Waals surface area contributed by atoms with E-state index in [1.165, 1.54) is 19.1 Å². The third-order valence-electron chi connectivity index (χ3n) is 1.95. The van der Waals surface area contributed by atoms with Gasteiger partial charge in [0.15, 0.2) is 11.7 Å². The van der Waals surface area contributed by atoms with E-state index in [0.717, 1.165) is 0 Å². The Kier molecular flexibility index (Phi) is 3.69. The average Bonchev–Trinajstić information content (AvgIpc) is 2.20. The molecule has 0 spiro atoms. The number of phenolic OH excluding ortho intramolecular Hbond substituents is 1. The van der Waals surface area contributed by atoms with Gasteiger partial charge in [0, 0.05) is 5.56 Å². The second kappa shape index (κ2) is 4.84. The summed E-state index contributed by atoms with van der Waals surface area (Å²) in [6.45, 7) is 1.23. The largest absolute Gasteiger partial charge is 0.506 e. The highest BCUT2D eigenvalue weighted by atomic mass is 35.5. The van der Waals surface area contributed by atoms with Crippen LogP contribution in [0.25, 0.3) is 0 Å². The summed E-state index contributed by atoms with van der Waals surface area (Å²) >= 11 is 5.68. The maximum atomic E-state index is 11.5. The maximum Gasteiger partial charge on any atom is 0.258 e. The molecule has 90 valence electrons. The lowest BCUT2D eigenvalue weighted by Gasteiger charge is -2.07. The second-order valence-corrected chi connectivity index (χ2v) is 3.69. The van der Waals surface area contributed by atoms with Gasteiger partial charge in [0.25, 0.3) is 5.91 Å². The molecule has 7 heteroatoms. The van der Waals surface area contributed by atoms with Crippen LogP contribution in [0.3, 0.4) is 0 Å². The number of phenols is 1. The quantitative estimate of drug-likeness (QED) is 0.356. The monoisotopic (exact) mass is 255 g/mol. The number of benzene rings is 1. The Labute approximate surface area is 102 Å². The molecular formula is C10H10ClN3O3. The number of carbonyl (C=O) groups excluding carboxylic acids is 2. The molecule has 0 aliphatic carbocycles. The zero-order chi connectivity index (χ0) is 13.2. The van der Waals surface area contributed by atoms with Gasteiger partial charge in [-0.2, -0.15) is 0 Å². The molecule has 6 nitrogen and oxygen atoms in total. The molecule has 0 aromatic heterocycles. The summed E-state index contributed by atoms with van der Waals surface area (Å²) in [5.74, 6) is -2.01. The summed E-state index contributed by atoms with van der Waals surface area (Å²) in [4.78, 5) is 22.7. The Balaban J connectivity index is 3.23. The SMILES string of the molecule is CC(=O)c1cc(C(=O)NC(=N)N)cc(Cl)c1O. The summed E-state index contributed by atoms with van der Waals surface area (Å²) in [6.07, 6.45) is 0. The maximum absolute atomic E-state index is 11.5. The topological polar surface area (TPSA) is 116 Å². The van der Waals surface area contributed by atoms with E-state index >= 15 is 0 Å². The Bertz CT molecular complexity index is 514. The first-order valence-electron chi connectivity index (χ1n) is 4.51. The molecule has 0 aliphatic heterocycles. The smallest absolute Gasteiger partial charge is 0.258 e. The molecule has 1 amide bonds. The van der Waals surface area contributed by atoms with E-state index in [9.17, 15) is 14.7 Å². The highest BCUT2D eigenvalue weighted by Gasteiger charge is 2.16. The van der Waals surface area contributed by atoms with Gasteiger partial charge in [-0.25, -0.2) is 0 Å². The third kappa shape index (κ3) is 2.94. The first kappa shape index (κ1) is 13.0. The van der Waals surface area contributed by atoms with Crippen molar-refractivity contribution in [1.29, 1.82) is 5.41 Å². The molecule has 0 unspecified atom stereocenters. The molecule has 0 atom stereocenters. The third-order valence-corrected chi connectivity index (χ3v) is 2.24. The molecule has 0 aliphatic rings. The van der Waals surface area contributed by atoms with Crippen LogP contribution >= 0.6 is 11.6 Å². The number of halogens is 1. The van der Waals surface area contributed by atoms with Gasteiger partial charge in [0.1, 0.15) is 5.75 Å². The minimum Gasteiger partial charge on any atom is -0.506 e. The van der Waals surface area contributed by atoms with Crippen LogP contribution in [0.1, 0.15) is 27.6 Å². The minimum absolute atomic E-state index is 0.0354. The number of Topliss-reactive ketones (excluding diaryl/α,β-unsaturated/α-hetero) is 1. The molecule has 0 bridgehead atoms. The molecule has 0 radical (unpaired) electrons. The van der Waals surface area contributed by atoms with Crippen molar-refractivity contribution in [3.63, 3.8) is 0 Å². The number of hydrogen-bond donors (Lipinski definition) is 4. The molecule has 0 saturated heterocycles. The Morgan fingerprint density at radius 3 is 2.53 bits per heavy atom. The summed E-state index contributed by atoms with van der Waals surface area (Å²) < 4.78 is 0. The second-order valence-electron chi connectivity index (χ2n) is 3.28. The molecule has 1 aromatic rings. The first-order valence-corrected chi connectivity index (χ1v) is 4.89. The number of ketones is 1. The molecule has 1 rings (SSSR count). The van der Waals surface area contributed by atoms with Gasteiger partial charge in [0.05, 0.1) is 10.6 Å². The minimum atomic E-state index is -0.679. The van der Waals surface area contributed by atoms with Gasteiger partial charge in [-0.15, -0.1) is 0 Å². The number of aromatic hydroxyl groups is 1. The van der Waals surface area contributed by atoms with Crippen molar-refractivity contribution in [2.75, 3.05) is 0 Å². The van der Waals surface area contributed by atoms with Crippen LogP contribution in [0.5, 0.6) is 5.75 Å². The molecule has 5 N–H and O–H groups in total. The Morgan fingerprint density at radius 2 is 2.06 bits per heavy atom. The van der Waals surface area contributed by atoms with Gasteiger partial charge in [0.2, 0.25) is 0 Å². The van der Waals surface area contributed by atoms with E-state index in [1.807, 2.05) is 5.32 Å². The van der Waals surface area contributed by atoms with Crippen molar-refractivity contribution in [3.8, 4) is 5.75 Å². The fourth-order valence-electron chi connectivity index (χ4n) is 1.19. The summed E-state index contributed by atoms with van der Waals surface area (Å²) in [7, 11) is 0. The lowest BCUT2D eigenvalue weighted by molar-refractivity contribution is 0.0976. The number of nitrogens with two attached hydrogens (primary N) is 1. The van der Waals surface area contributed by atoms with Crippen LogP contribution in [0.15, 0.2) is 12.1 Å². The van der Waals surface area contributed by atoms with Crippen molar-refractivity contribution >= 4 is 29.3 Å². The van der Waals surface area contributed by atoms with Crippen LogP contribution in [-0.4, -0.2) is 22.8 Å². The number of amides is 1.